The quantitative estimate of drug-likeness (QED) is 0.866. The molecule has 0 aromatic heterocycles. The van der Waals surface area contributed by atoms with Crippen molar-refractivity contribution in [2.75, 3.05) is 0 Å². The first-order valence-electron chi connectivity index (χ1n) is 6.76. The molecule has 1 aliphatic rings. The predicted octanol–water partition coefficient (Wildman–Crippen LogP) is 1.92. The Hall–Kier alpha value is -0.910. The Morgan fingerprint density at radius 3 is 2.63 bits per heavy atom. The van der Waals surface area contributed by atoms with E-state index in [2.05, 4.69) is 4.72 Å². The summed E-state index contributed by atoms with van der Waals surface area (Å²) in [6.45, 7) is 4.23. The average molecular weight is 282 g/mol. The van der Waals surface area contributed by atoms with Crippen molar-refractivity contribution in [3.63, 3.8) is 0 Å². The molecule has 1 aromatic rings. The van der Waals surface area contributed by atoms with Crippen molar-refractivity contribution in [1.29, 1.82) is 0 Å². The summed E-state index contributed by atoms with van der Waals surface area (Å²) in [5, 5.41) is 0. The molecule has 0 saturated heterocycles. The van der Waals surface area contributed by atoms with Gasteiger partial charge in [-0.2, -0.15) is 0 Å². The minimum Gasteiger partial charge on any atom is -0.326 e. The van der Waals surface area contributed by atoms with Crippen LogP contribution in [0.1, 0.15) is 37.3 Å². The van der Waals surface area contributed by atoms with Gasteiger partial charge in [0.15, 0.2) is 0 Å². The maximum atomic E-state index is 12.3. The molecule has 0 aliphatic heterocycles. The fourth-order valence-corrected chi connectivity index (χ4v) is 3.75. The molecule has 5 heteroatoms. The van der Waals surface area contributed by atoms with Gasteiger partial charge in [-0.25, -0.2) is 13.1 Å². The number of nitrogens with one attached hydrogen (secondary N) is 1. The minimum atomic E-state index is -3.44. The molecule has 19 heavy (non-hydrogen) atoms. The van der Waals surface area contributed by atoms with Crippen LogP contribution in [0.4, 0.5) is 0 Å². The number of hydrogen-bond donors (Lipinski definition) is 2. The molecule has 0 heterocycles. The van der Waals surface area contributed by atoms with E-state index in [1.54, 1.807) is 12.1 Å². The van der Waals surface area contributed by atoms with E-state index in [1.165, 1.54) is 6.42 Å². The van der Waals surface area contributed by atoms with Crippen LogP contribution in [0.2, 0.25) is 0 Å². The molecular formula is C14H22N2O2S. The monoisotopic (exact) mass is 282 g/mol. The zero-order valence-electron chi connectivity index (χ0n) is 11.5. The number of nitrogens with two attached hydrogens (primary N) is 1. The van der Waals surface area contributed by atoms with Gasteiger partial charge in [0.05, 0.1) is 4.90 Å². The second-order valence-electron chi connectivity index (χ2n) is 5.39. The Morgan fingerprint density at radius 2 is 2.11 bits per heavy atom. The van der Waals surface area contributed by atoms with E-state index in [0.717, 1.165) is 24.0 Å². The lowest BCUT2D eigenvalue weighted by molar-refractivity contribution is 0.260. The molecule has 1 fully saturated rings. The highest BCUT2D eigenvalue weighted by Gasteiger charge is 2.27. The van der Waals surface area contributed by atoms with Crippen LogP contribution in [-0.4, -0.2) is 14.5 Å². The molecule has 0 amide bonds. The van der Waals surface area contributed by atoms with Gasteiger partial charge < -0.3 is 5.73 Å². The Labute approximate surface area is 115 Å². The molecule has 4 nitrogen and oxygen atoms in total. The van der Waals surface area contributed by atoms with Gasteiger partial charge in [-0.3, -0.25) is 0 Å². The van der Waals surface area contributed by atoms with Crippen LogP contribution in [-0.2, 0) is 16.6 Å². The first-order chi connectivity index (χ1) is 8.94. The second-order valence-corrected chi connectivity index (χ2v) is 7.11. The Kier molecular flexibility index (Phi) is 4.28. The molecule has 1 aliphatic carbocycles. The molecule has 0 spiro atoms. The van der Waals surface area contributed by atoms with Crippen LogP contribution < -0.4 is 10.5 Å². The number of rotatable bonds is 5. The van der Waals surface area contributed by atoms with E-state index < -0.39 is 10.0 Å². The lowest BCUT2D eigenvalue weighted by Crippen LogP contribution is -2.40. The van der Waals surface area contributed by atoms with Crippen molar-refractivity contribution in [3.05, 3.63) is 29.3 Å². The van der Waals surface area contributed by atoms with Crippen LogP contribution in [0.15, 0.2) is 23.1 Å². The van der Waals surface area contributed by atoms with Crippen molar-refractivity contribution in [2.45, 2.75) is 50.6 Å². The van der Waals surface area contributed by atoms with Crippen LogP contribution >= 0.6 is 0 Å². The van der Waals surface area contributed by atoms with Gasteiger partial charge in [0.25, 0.3) is 0 Å². The summed E-state index contributed by atoms with van der Waals surface area (Å²) < 4.78 is 27.4. The third-order valence-corrected chi connectivity index (χ3v) is 5.61. The van der Waals surface area contributed by atoms with E-state index in [9.17, 15) is 8.42 Å². The fourth-order valence-electron chi connectivity index (χ4n) is 2.38. The van der Waals surface area contributed by atoms with E-state index >= 15 is 0 Å². The highest BCUT2D eigenvalue weighted by atomic mass is 32.2. The van der Waals surface area contributed by atoms with Crippen LogP contribution in [0.3, 0.4) is 0 Å². The molecule has 1 saturated carbocycles. The Morgan fingerprint density at radius 1 is 1.42 bits per heavy atom. The molecule has 3 N–H and O–H groups in total. The zero-order valence-corrected chi connectivity index (χ0v) is 12.3. The number of aryl methyl sites for hydroxylation is 1. The van der Waals surface area contributed by atoms with Crippen LogP contribution in [0.25, 0.3) is 0 Å². The Bertz CT molecular complexity index is 551. The zero-order chi connectivity index (χ0) is 14.0. The summed E-state index contributed by atoms with van der Waals surface area (Å²) in [5.74, 6) is 0.481. The van der Waals surface area contributed by atoms with Crippen molar-refractivity contribution in [1.82, 2.24) is 4.72 Å². The lowest BCUT2D eigenvalue weighted by atomic mass is 9.81. The van der Waals surface area contributed by atoms with Crippen molar-refractivity contribution in [3.8, 4) is 0 Å². The van der Waals surface area contributed by atoms with Gasteiger partial charge >= 0.3 is 0 Å². The summed E-state index contributed by atoms with van der Waals surface area (Å²) in [5.41, 5.74) is 7.52. The van der Waals surface area contributed by atoms with E-state index in [4.69, 9.17) is 5.73 Å². The van der Waals surface area contributed by atoms with Gasteiger partial charge in [-0.1, -0.05) is 12.5 Å². The maximum absolute atomic E-state index is 12.3. The number of sulfonamides is 1. The molecule has 1 unspecified atom stereocenters. The third-order valence-electron chi connectivity index (χ3n) is 4.05. The second kappa shape index (κ2) is 5.61. The van der Waals surface area contributed by atoms with Crippen molar-refractivity contribution >= 4 is 10.0 Å². The molecule has 1 atom stereocenters. The number of benzene rings is 1. The average Bonchev–Trinajstić information content (AvgIpc) is 2.26. The van der Waals surface area contributed by atoms with E-state index in [-0.39, 0.29) is 6.04 Å². The highest BCUT2D eigenvalue weighted by molar-refractivity contribution is 7.89. The lowest BCUT2D eigenvalue weighted by Gasteiger charge is -2.31. The maximum Gasteiger partial charge on any atom is 0.240 e. The first-order valence-corrected chi connectivity index (χ1v) is 8.24. The topological polar surface area (TPSA) is 72.2 Å². The molecule has 0 bridgehead atoms. The molecule has 1 aromatic carbocycles. The summed E-state index contributed by atoms with van der Waals surface area (Å²) in [6, 6.07) is 5.13. The van der Waals surface area contributed by atoms with Gasteiger partial charge in [0.1, 0.15) is 0 Å². The SMILES string of the molecule is Cc1ccc(S(=O)(=O)NC(C)C2CCC2)cc1CN. The van der Waals surface area contributed by atoms with Crippen LogP contribution in [0, 0.1) is 12.8 Å². The van der Waals surface area contributed by atoms with E-state index in [0.29, 0.717) is 17.4 Å². The first kappa shape index (κ1) is 14.5. The van der Waals surface area contributed by atoms with Gasteiger partial charge in [-0.15, -0.1) is 0 Å². The molecule has 106 valence electrons. The minimum absolute atomic E-state index is 0.00128. The van der Waals surface area contributed by atoms with Crippen molar-refractivity contribution in [2.24, 2.45) is 11.7 Å². The summed E-state index contributed by atoms with van der Waals surface area (Å²) in [6.07, 6.45) is 3.44. The standard InChI is InChI=1S/C14H22N2O2S/c1-10-6-7-14(8-13(10)9-15)19(17,18)16-11(2)12-4-3-5-12/h6-8,11-12,16H,3-5,9,15H2,1-2H3. The Balaban J connectivity index is 2.18. The number of hydrogen-bond acceptors (Lipinski definition) is 3. The largest absolute Gasteiger partial charge is 0.326 e. The van der Waals surface area contributed by atoms with Gasteiger partial charge in [0.2, 0.25) is 10.0 Å². The summed E-state index contributed by atoms with van der Waals surface area (Å²) >= 11 is 0. The fraction of sp³-hybridized carbons (Fsp3) is 0.571. The molecule has 2 rings (SSSR count). The summed E-state index contributed by atoms with van der Waals surface area (Å²) in [4.78, 5) is 0.310. The highest BCUT2D eigenvalue weighted by Crippen LogP contribution is 2.30. The van der Waals surface area contributed by atoms with Gasteiger partial charge in [0, 0.05) is 12.6 Å². The van der Waals surface area contributed by atoms with E-state index in [1.807, 2.05) is 19.9 Å². The smallest absolute Gasteiger partial charge is 0.240 e. The van der Waals surface area contributed by atoms with Crippen molar-refractivity contribution < 1.29 is 8.42 Å². The van der Waals surface area contributed by atoms with Crippen LogP contribution in [0.5, 0.6) is 0 Å². The normalized spacial score (nSPS) is 18.1. The third kappa shape index (κ3) is 3.16. The van der Waals surface area contributed by atoms with Gasteiger partial charge in [-0.05, 0) is 55.9 Å². The molecular weight excluding hydrogens is 260 g/mol. The predicted molar refractivity (Wildman–Crippen MR) is 76.2 cm³/mol. The summed E-state index contributed by atoms with van der Waals surface area (Å²) in [7, 11) is -3.44. The molecule has 0 radical (unpaired) electrons.